The number of thiazole rings is 1. The molecule has 3 amide bonds. The number of hydrogen-bond acceptors (Lipinski definition) is 18. The van der Waals surface area contributed by atoms with Crippen molar-refractivity contribution in [3.8, 4) is 16.2 Å². The van der Waals surface area contributed by atoms with E-state index in [-0.39, 0.29) is 79.3 Å². The molecule has 1 unspecified atom stereocenters. The second kappa shape index (κ2) is 23.5. The predicted molar refractivity (Wildman–Crippen MR) is 293 cm³/mol. The van der Waals surface area contributed by atoms with Crippen molar-refractivity contribution < 1.29 is 38.6 Å². The Hall–Kier alpha value is -5.42. The molecule has 5 aliphatic rings. The number of amides is 3. The minimum atomic E-state index is -0.866. The van der Waals surface area contributed by atoms with Crippen LogP contribution in [0.1, 0.15) is 100 Å². The molecule has 412 valence electrons. The largest absolute Gasteiger partial charge is 0.490 e. The first-order chi connectivity index (χ1) is 37.1. The normalized spacial score (nSPS) is 22.6. The number of anilines is 2. The molecule has 77 heavy (non-hydrogen) atoms. The minimum absolute atomic E-state index is 0.00650. The summed E-state index contributed by atoms with van der Waals surface area (Å²) >= 11 is 10.0. The first-order valence-electron chi connectivity index (χ1n) is 26.9. The number of aryl methyl sites for hydroxylation is 2. The Morgan fingerprint density at radius 3 is 2.42 bits per heavy atom. The van der Waals surface area contributed by atoms with Gasteiger partial charge in [-0.3, -0.25) is 14.4 Å². The van der Waals surface area contributed by atoms with E-state index in [1.165, 1.54) is 16.7 Å². The second-order valence-corrected chi connectivity index (χ2v) is 24.1. The van der Waals surface area contributed by atoms with Gasteiger partial charge >= 0.3 is 0 Å². The Kier molecular flexibility index (Phi) is 16.8. The Morgan fingerprint density at radius 2 is 1.75 bits per heavy atom. The number of halogens is 1. The number of ether oxygens (including phenoxy) is 2. The molecule has 0 radical (unpaired) electrons. The number of likely N-dealkylation sites (tertiary alicyclic amines) is 2. The van der Waals surface area contributed by atoms with Gasteiger partial charge in [0.05, 0.1) is 58.4 Å². The average molecular weight is 1110 g/mol. The van der Waals surface area contributed by atoms with E-state index in [0.717, 1.165) is 52.5 Å². The van der Waals surface area contributed by atoms with Gasteiger partial charge < -0.3 is 54.9 Å². The zero-order chi connectivity index (χ0) is 54.1. The summed E-state index contributed by atoms with van der Waals surface area (Å²) in [5.74, 6) is 0.993. The van der Waals surface area contributed by atoms with Gasteiger partial charge in [0.15, 0.2) is 5.82 Å². The van der Waals surface area contributed by atoms with E-state index in [1.807, 2.05) is 62.4 Å². The van der Waals surface area contributed by atoms with E-state index < -0.39 is 18.1 Å². The molecule has 4 aromatic heterocycles. The molecule has 1 spiro atoms. The number of carbonyl (C=O) groups excluding carboxylic acids is 3. The number of nitrogens with one attached hydrogen (secondary N) is 1. The SMILES string of the molecule is Cc1cc(C(C(=O)N2C[C@H](O)C[C@H]2C(=O)NCc2ccc(-c3scnc3C)cc2OC2CCN(C(=O)C3CCN(c4nccc(Sc5cnc(N6CCC7(CC6)CO[C@@H](C)[C@H]7N)c(CO)n5)c4Cl)CC3)CC2)C(C)C)on1. The summed E-state index contributed by atoms with van der Waals surface area (Å²) in [5, 5.41) is 29.3. The van der Waals surface area contributed by atoms with Gasteiger partial charge in [0.2, 0.25) is 17.7 Å². The molecule has 5 N–H and O–H groups in total. The molecule has 5 saturated heterocycles. The van der Waals surface area contributed by atoms with E-state index in [1.54, 1.807) is 36.7 Å². The molecular formula is C55H70ClN11O8S2. The first-order valence-corrected chi connectivity index (χ1v) is 29.0. The average Bonchev–Trinajstić information content (AvgIpc) is 4.23. The maximum Gasteiger partial charge on any atom is 0.243 e. The van der Waals surface area contributed by atoms with E-state index in [2.05, 4.69) is 30.2 Å². The van der Waals surface area contributed by atoms with Crippen molar-refractivity contribution in [2.75, 3.05) is 62.2 Å². The number of nitrogens with zero attached hydrogens (tertiary/aromatic N) is 9. The third kappa shape index (κ3) is 11.7. The molecule has 1 aromatic carbocycles. The number of hydrogen-bond donors (Lipinski definition) is 4. The van der Waals surface area contributed by atoms with Gasteiger partial charge in [-0.05, 0) is 70.1 Å². The number of rotatable bonds is 15. The maximum atomic E-state index is 14.1. The Balaban J connectivity index is 0.731. The van der Waals surface area contributed by atoms with Crippen molar-refractivity contribution in [3.63, 3.8) is 0 Å². The third-order valence-corrected chi connectivity index (χ3v) is 18.8. The van der Waals surface area contributed by atoms with Crippen LogP contribution in [0.2, 0.25) is 5.02 Å². The van der Waals surface area contributed by atoms with Gasteiger partial charge in [-0.2, -0.15) is 0 Å². The number of carbonyl (C=O) groups is 3. The van der Waals surface area contributed by atoms with Crippen LogP contribution < -0.4 is 25.6 Å². The molecule has 5 aliphatic heterocycles. The minimum Gasteiger partial charge on any atom is -0.490 e. The van der Waals surface area contributed by atoms with Crippen LogP contribution in [0.3, 0.4) is 0 Å². The Labute approximate surface area is 462 Å². The highest BCUT2D eigenvalue weighted by Crippen LogP contribution is 2.44. The lowest BCUT2D eigenvalue weighted by molar-refractivity contribution is -0.141. The van der Waals surface area contributed by atoms with E-state index in [4.69, 9.17) is 41.3 Å². The highest BCUT2D eigenvalue weighted by Gasteiger charge is 2.48. The van der Waals surface area contributed by atoms with Crippen molar-refractivity contribution in [1.82, 2.24) is 40.2 Å². The molecule has 10 rings (SSSR count). The van der Waals surface area contributed by atoms with Gasteiger partial charge in [0, 0.05) is 112 Å². The summed E-state index contributed by atoms with van der Waals surface area (Å²) in [6, 6.07) is 8.69. The predicted octanol–water partition coefficient (Wildman–Crippen LogP) is 6.53. The summed E-state index contributed by atoms with van der Waals surface area (Å²) in [6.45, 7) is 14.1. The van der Waals surface area contributed by atoms with Crippen LogP contribution in [-0.2, 0) is 32.3 Å². The molecule has 0 saturated carbocycles. The van der Waals surface area contributed by atoms with Crippen LogP contribution in [-0.4, -0.2) is 146 Å². The highest BCUT2D eigenvalue weighted by atomic mass is 35.5. The fraction of sp³-hybridized carbons (Fsp3) is 0.564. The maximum absolute atomic E-state index is 14.1. The molecule has 0 bridgehead atoms. The van der Waals surface area contributed by atoms with Crippen LogP contribution in [0.4, 0.5) is 11.6 Å². The fourth-order valence-corrected chi connectivity index (χ4v) is 13.8. The fourth-order valence-electron chi connectivity index (χ4n) is 11.8. The number of aliphatic hydroxyl groups is 2. The Bertz CT molecular complexity index is 2920. The van der Waals surface area contributed by atoms with Crippen LogP contribution >= 0.6 is 34.7 Å². The van der Waals surface area contributed by atoms with Crippen molar-refractivity contribution in [3.05, 3.63) is 81.7 Å². The molecular weight excluding hydrogens is 1040 g/mol. The van der Waals surface area contributed by atoms with Gasteiger partial charge in [-0.1, -0.05) is 54.5 Å². The molecule has 5 aromatic rings. The van der Waals surface area contributed by atoms with Crippen molar-refractivity contribution >= 4 is 64.1 Å². The second-order valence-electron chi connectivity index (χ2n) is 21.8. The van der Waals surface area contributed by atoms with Crippen LogP contribution in [0.25, 0.3) is 10.4 Å². The monoisotopic (exact) mass is 1110 g/mol. The lowest BCUT2D eigenvalue weighted by atomic mass is 9.73. The molecule has 19 nitrogen and oxygen atoms in total. The highest BCUT2D eigenvalue weighted by molar-refractivity contribution is 7.99. The standard InChI is InChI=1S/C55H70ClN11O8S2/c1-31(2)46(43-22-32(3)63-75-43)54(72)67-27-38(69)24-41(67)52(70)60-25-37-7-6-36(48-33(4)61-30-76-48)23-42(37)74-39-11-18-66(19-12-39)53(71)35-9-16-64(17-10-35)51-47(56)44(8-15-58-51)77-45-26-59-50(40(28-68)62-45)65-20-13-55(14-21-65)29-73-34(5)49(55)57/h6-8,15,22-23,26,30-31,34-35,38-39,41,46,49,68-69H,9-14,16-21,24-25,27-29,57H2,1-5H3,(H,60,70)/t34-,38+,41-,46?,49+/m0/s1. The number of β-amino-alcohol motifs (C(OH)–C–C–N with tert-alkyl or cyclic N) is 1. The number of piperidine rings is 3. The van der Waals surface area contributed by atoms with Gasteiger partial charge in [-0.15, -0.1) is 11.3 Å². The lowest BCUT2D eigenvalue weighted by Crippen LogP contribution is -2.51. The molecule has 5 atom stereocenters. The van der Waals surface area contributed by atoms with Crippen LogP contribution in [0, 0.1) is 31.1 Å². The third-order valence-electron chi connectivity index (χ3n) is 16.4. The summed E-state index contributed by atoms with van der Waals surface area (Å²) in [4.78, 5) is 70.4. The summed E-state index contributed by atoms with van der Waals surface area (Å²) in [7, 11) is 0. The van der Waals surface area contributed by atoms with Gasteiger partial charge in [0.1, 0.15) is 46.1 Å². The number of benzene rings is 1. The van der Waals surface area contributed by atoms with Crippen LogP contribution in [0.5, 0.6) is 5.75 Å². The first kappa shape index (κ1) is 54.9. The van der Waals surface area contributed by atoms with E-state index in [0.29, 0.717) is 103 Å². The lowest BCUT2D eigenvalue weighted by Gasteiger charge is -2.41. The van der Waals surface area contributed by atoms with Crippen LogP contribution in [0.15, 0.2) is 62.7 Å². The summed E-state index contributed by atoms with van der Waals surface area (Å²) < 4.78 is 18.2. The quantitative estimate of drug-likeness (QED) is 0.0871. The Morgan fingerprint density at radius 1 is 1.00 bits per heavy atom. The van der Waals surface area contributed by atoms with Gasteiger partial charge in [-0.25, -0.2) is 19.9 Å². The topological polar surface area (TPSA) is 239 Å². The smallest absolute Gasteiger partial charge is 0.243 e. The molecule has 9 heterocycles. The van der Waals surface area contributed by atoms with Crippen molar-refractivity contribution in [2.24, 2.45) is 23.0 Å². The molecule has 0 aliphatic carbocycles. The zero-order valence-electron chi connectivity index (χ0n) is 44.4. The summed E-state index contributed by atoms with van der Waals surface area (Å²) in [5.41, 5.74) is 12.1. The van der Waals surface area contributed by atoms with Crippen molar-refractivity contribution in [1.29, 1.82) is 0 Å². The zero-order valence-corrected chi connectivity index (χ0v) is 46.8. The van der Waals surface area contributed by atoms with E-state index in [9.17, 15) is 24.6 Å². The van der Waals surface area contributed by atoms with E-state index >= 15 is 0 Å². The number of nitrogens with two attached hydrogens (primary N) is 1. The number of aliphatic hydroxyl groups excluding tert-OH is 2. The summed E-state index contributed by atoms with van der Waals surface area (Å²) in [6.07, 6.45) is 7.01. The number of pyridine rings is 1. The van der Waals surface area contributed by atoms with Gasteiger partial charge in [0.25, 0.3) is 0 Å². The molecule has 5 fully saturated rings. The molecule has 22 heteroatoms. The number of aromatic nitrogens is 5. The van der Waals surface area contributed by atoms with Crippen molar-refractivity contribution in [2.45, 2.75) is 139 Å².